The minimum Gasteiger partial charge on any atom is -0.388 e. The molecule has 0 unspecified atom stereocenters. The van der Waals surface area contributed by atoms with Crippen LogP contribution in [0.4, 0.5) is 0 Å². The molecular formula is C17H20N2O. The molecule has 1 heterocycles. The molecule has 3 rings (SSSR count). The van der Waals surface area contributed by atoms with E-state index in [1.54, 1.807) is 6.20 Å². The minimum absolute atomic E-state index is 0.117. The van der Waals surface area contributed by atoms with Crippen LogP contribution in [-0.4, -0.2) is 15.1 Å². The summed E-state index contributed by atoms with van der Waals surface area (Å²) >= 11 is 0. The number of benzene rings is 1. The Morgan fingerprint density at radius 1 is 1.00 bits per heavy atom. The maximum absolute atomic E-state index is 9.10. The van der Waals surface area contributed by atoms with Crippen LogP contribution in [-0.2, 0) is 6.61 Å². The summed E-state index contributed by atoms with van der Waals surface area (Å²) in [4.78, 5) is 8.36. The monoisotopic (exact) mass is 268 g/mol. The maximum atomic E-state index is 9.10. The van der Waals surface area contributed by atoms with Gasteiger partial charge in [0.25, 0.3) is 0 Å². The molecule has 1 aliphatic rings. The van der Waals surface area contributed by atoms with Gasteiger partial charge in [0.2, 0.25) is 0 Å². The lowest BCUT2D eigenvalue weighted by Gasteiger charge is -2.22. The molecule has 0 amide bonds. The van der Waals surface area contributed by atoms with Gasteiger partial charge in [-0.2, -0.15) is 0 Å². The molecule has 2 aromatic rings. The van der Waals surface area contributed by atoms with Crippen molar-refractivity contribution in [3.63, 3.8) is 0 Å². The van der Waals surface area contributed by atoms with Gasteiger partial charge in [0.15, 0.2) is 5.82 Å². The Kier molecular flexibility index (Phi) is 4.07. The number of hydrogen-bond donors (Lipinski definition) is 1. The molecule has 0 atom stereocenters. The Morgan fingerprint density at radius 3 is 2.45 bits per heavy atom. The maximum Gasteiger partial charge on any atom is 0.154 e. The predicted molar refractivity (Wildman–Crippen MR) is 79.2 cm³/mol. The topological polar surface area (TPSA) is 46.0 Å². The van der Waals surface area contributed by atoms with E-state index in [2.05, 4.69) is 34.2 Å². The second-order valence-electron chi connectivity index (χ2n) is 5.47. The summed E-state index contributed by atoms with van der Waals surface area (Å²) in [6.45, 7) is -0.117. The molecule has 1 aliphatic carbocycles. The Labute approximate surface area is 119 Å². The standard InChI is InChI=1S/C17H20N2O/c20-12-17-18-11-10-16(19-17)15-8-6-14(7-9-15)13-4-2-1-3-5-13/h6-11,13,20H,1-5,12H2. The van der Waals surface area contributed by atoms with Crippen LogP contribution >= 0.6 is 0 Å². The molecule has 1 aromatic heterocycles. The second kappa shape index (κ2) is 6.14. The molecule has 3 heteroatoms. The van der Waals surface area contributed by atoms with Gasteiger partial charge in [-0.15, -0.1) is 0 Å². The van der Waals surface area contributed by atoms with Crippen molar-refractivity contribution in [2.45, 2.75) is 44.6 Å². The van der Waals surface area contributed by atoms with E-state index < -0.39 is 0 Å². The zero-order chi connectivity index (χ0) is 13.8. The van der Waals surface area contributed by atoms with Crippen LogP contribution in [0.1, 0.15) is 49.4 Å². The van der Waals surface area contributed by atoms with E-state index in [0.717, 1.165) is 17.2 Å². The second-order valence-corrected chi connectivity index (χ2v) is 5.47. The summed E-state index contributed by atoms with van der Waals surface area (Å²) in [5.74, 6) is 1.20. The fourth-order valence-corrected chi connectivity index (χ4v) is 3.00. The van der Waals surface area contributed by atoms with Crippen molar-refractivity contribution in [3.05, 3.63) is 47.9 Å². The first-order chi connectivity index (χ1) is 9.86. The van der Waals surface area contributed by atoms with E-state index in [9.17, 15) is 0 Å². The highest BCUT2D eigenvalue weighted by Crippen LogP contribution is 2.33. The number of aromatic nitrogens is 2. The van der Waals surface area contributed by atoms with Crippen molar-refractivity contribution < 1.29 is 5.11 Å². The van der Waals surface area contributed by atoms with Gasteiger partial charge < -0.3 is 5.11 Å². The van der Waals surface area contributed by atoms with Crippen molar-refractivity contribution in [2.75, 3.05) is 0 Å². The van der Waals surface area contributed by atoms with Crippen LogP contribution in [0.3, 0.4) is 0 Å². The molecule has 0 radical (unpaired) electrons. The van der Waals surface area contributed by atoms with Gasteiger partial charge in [0, 0.05) is 11.8 Å². The van der Waals surface area contributed by atoms with E-state index in [1.807, 2.05) is 6.07 Å². The molecular weight excluding hydrogens is 248 g/mol. The normalized spacial score (nSPS) is 16.2. The summed E-state index contributed by atoms with van der Waals surface area (Å²) in [5.41, 5.74) is 3.41. The molecule has 1 N–H and O–H groups in total. The van der Waals surface area contributed by atoms with E-state index in [0.29, 0.717) is 5.82 Å². The lowest BCUT2D eigenvalue weighted by Crippen LogP contribution is -2.04. The smallest absolute Gasteiger partial charge is 0.154 e. The van der Waals surface area contributed by atoms with Gasteiger partial charge in [0.05, 0.1) is 5.69 Å². The summed E-state index contributed by atoms with van der Waals surface area (Å²) in [6.07, 6.45) is 8.45. The van der Waals surface area contributed by atoms with Crippen molar-refractivity contribution in [2.24, 2.45) is 0 Å². The third kappa shape index (κ3) is 2.88. The van der Waals surface area contributed by atoms with E-state index in [4.69, 9.17) is 5.11 Å². The lowest BCUT2D eigenvalue weighted by molar-refractivity contribution is 0.271. The predicted octanol–water partition coefficient (Wildman–Crippen LogP) is 3.68. The molecule has 0 aliphatic heterocycles. The van der Waals surface area contributed by atoms with E-state index in [1.165, 1.54) is 37.7 Å². The largest absolute Gasteiger partial charge is 0.388 e. The Bertz CT molecular complexity index is 559. The molecule has 3 nitrogen and oxygen atoms in total. The third-order valence-electron chi connectivity index (χ3n) is 4.13. The molecule has 0 spiro atoms. The van der Waals surface area contributed by atoms with Gasteiger partial charge in [-0.3, -0.25) is 0 Å². The highest BCUT2D eigenvalue weighted by Gasteiger charge is 2.15. The van der Waals surface area contributed by atoms with Crippen LogP contribution < -0.4 is 0 Å². The quantitative estimate of drug-likeness (QED) is 0.923. The Balaban J connectivity index is 1.81. The highest BCUT2D eigenvalue weighted by molar-refractivity contribution is 5.59. The molecule has 1 fully saturated rings. The average molecular weight is 268 g/mol. The zero-order valence-electron chi connectivity index (χ0n) is 11.6. The summed E-state index contributed by atoms with van der Waals surface area (Å²) in [7, 11) is 0. The van der Waals surface area contributed by atoms with Crippen molar-refractivity contribution in [1.82, 2.24) is 9.97 Å². The summed E-state index contributed by atoms with van der Waals surface area (Å²) < 4.78 is 0. The average Bonchev–Trinajstić information content (AvgIpc) is 2.56. The summed E-state index contributed by atoms with van der Waals surface area (Å²) in [6, 6.07) is 10.6. The number of aliphatic hydroxyl groups is 1. The van der Waals surface area contributed by atoms with Crippen molar-refractivity contribution >= 4 is 0 Å². The van der Waals surface area contributed by atoms with Gasteiger partial charge in [-0.1, -0.05) is 43.5 Å². The van der Waals surface area contributed by atoms with Gasteiger partial charge in [0.1, 0.15) is 6.61 Å². The van der Waals surface area contributed by atoms with Crippen LogP contribution in [0.15, 0.2) is 36.5 Å². The number of rotatable bonds is 3. The van der Waals surface area contributed by atoms with Crippen LogP contribution in [0.2, 0.25) is 0 Å². The highest BCUT2D eigenvalue weighted by atomic mass is 16.3. The fraction of sp³-hybridized carbons (Fsp3) is 0.412. The molecule has 20 heavy (non-hydrogen) atoms. The number of hydrogen-bond acceptors (Lipinski definition) is 3. The first-order valence-electron chi connectivity index (χ1n) is 7.40. The van der Waals surface area contributed by atoms with E-state index >= 15 is 0 Å². The van der Waals surface area contributed by atoms with Gasteiger partial charge in [-0.05, 0) is 30.4 Å². The zero-order valence-corrected chi connectivity index (χ0v) is 11.6. The molecule has 0 saturated heterocycles. The minimum atomic E-state index is -0.117. The molecule has 0 bridgehead atoms. The Morgan fingerprint density at radius 2 is 1.75 bits per heavy atom. The van der Waals surface area contributed by atoms with E-state index in [-0.39, 0.29) is 6.61 Å². The Hall–Kier alpha value is -1.74. The van der Waals surface area contributed by atoms with Crippen LogP contribution in [0, 0.1) is 0 Å². The van der Waals surface area contributed by atoms with Gasteiger partial charge in [-0.25, -0.2) is 9.97 Å². The number of aliphatic hydroxyl groups excluding tert-OH is 1. The van der Waals surface area contributed by atoms with Gasteiger partial charge >= 0.3 is 0 Å². The first-order valence-corrected chi connectivity index (χ1v) is 7.40. The number of nitrogens with zero attached hydrogens (tertiary/aromatic N) is 2. The van der Waals surface area contributed by atoms with Crippen LogP contribution in [0.5, 0.6) is 0 Å². The third-order valence-corrected chi connectivity index (χ3v) is 4.13. The SMILES string of the molecule is OCc1nccc(-c2ccc(C3CCCCC3)cc2)n1. The molecule has 1 saturated carbocycles. The molecule has 104 valence electrons. The lowest BCUT2D eigenvalue weighted by atomic mass is 9.84. The molecule has 1 aromatic carbocycles. The first kappa shape index (κ1) is 13.3. The summed E-state index contributed by atoms with van der Waals surface area (Å²) in [5, 5.41) is 9.10. The van der Waals surface area contributed by atoms with Crippen molar-refractivity contribution in [3.8, 4) is 11.3 Å². The van der Waals surface area contributed by atoms with Crippen molar-refractivity contribution in [1.29, 1.82) is 0 Å². The fourth-order valence-electron chi connectivity index (χ4n) is 3.00. The van der Waals surface area contributed by atoms with Crippen LogP contribution in [0.25, 0.3) is 11.3 Å².